The summed E-state index contributed by atoms with van der Waals surface area (Å²) >= 11 is 0. The average molecular weight is 234 g/mol. The number of likely N-dealkylation sites (tertiary alicyclic amines) is 1. The number of piperidine rings is 1. The third-order valence-corrected chi connectivity index (χ3v) is 3.00. The third kappa shape index (κ3) is 3.82. The van der Waals surface area contributed by atoms with Crippen LogP contribution in [0.15, 0.2) is 18.3 Å². The molecule has 1 aromatic heterocycles. The molecule has 0 atom stereocenters. The van der Waals surface area contributed by atoms with Gasteiger partial charge in [0, 0.05) is 24.4 Å². The van der Waals surface area contributed by atoms with Crippen LogP contribution in [0.2, 0.25) is 0 Å². The van der Waals surface area contributed by atoms with Crippen LogP contribution in [0.4, 0.5) is 0 Å². The fraction of sp³-hybridized carbons (Fsp3) is 0.538. The molecule has 2 rings (SSSR count). The first-order chi connectivity index (χ1) is 8.38. The van der Waals surface area contributed by atoms with Crippen molar-refractivity contribution in [1.82, 2.24) is 9.88 Å². The molecule has 92 valence electrons. The minimum absolute atomic E-state index is 0.577. The highest BCUT2D eigenvalue weighted by atomic mass is 16.5. The Labute approximate surface area is 102 Å². The summed E-state index contributed by atoms with van der Waals surface area (Å²) in [7, 11) is 0. The van der Waals surface area contributed by atoms with Crippen LogP contribution in [0.1, 0.15) is 29.6 Å². The van der Waals surface area contributed by atoms with Gasteiger partial charge in [-0.15, -0.1) is 0 Å². The van der Waals surface area contributed by atoms with Gasteiger partial charge in [-0.3, -0.25) is 9.69 Å². The molecule has 4 heteroatoms. The minimum atomic E-state index is 0.577. The van der Waals surface area contributed by atoms with Crippen molar-refractivity contribution in [2.75, 3.05) is 26.2 Å². The van der Waals surface area contributed by atoms with Gasteiger partial charge >= 0.3 is 0 Å². The van der Waals surface area contributed by atoms with Crippen LogP contribution in [0, 0.1) is 0 Å². The SMILES string of the molecule is O=Cc1ccc(OCCN2CCCCC2)nc1. The number of hydrogen-bond donors (Lipinski definition) is 0. The Morgan fingerprint density at radius 2 is 2.12 bits per heavy atom. The zero-order chi connectivity index (χ0) is 11.9. The van der Waals surface area contributed by atoms with E-state index in [0.29, 0.717) is 18.1 Å². The van der Waals surface area contributed by atoms with E-state index in [2.05, 4.69) is 9.88 Å². The zero-order valence-electron chi connectivity index (χ0n) is 9.97. The maximum atomic E-state index is 10.5. The molecule has 0 N–H and O–H groups in total. The van der Waals surface area contributed by atoms with Crippen molar-refractivity contribution in [3.05, 3.63) is 23.9 Å². The Morgan fingerprint density at radius 1 is 1.29 bits per heavy atom. The molecule has 0 bridgehead atoms. The number of nitrogens with zero attached hydrogens (tertiary/aromatic N) is 2. The van der Waals surface area contributed by atoms with Gasteiger partial charge in [0.1, 0.15) is 6.61 Å². The second-order valence-corrected chi connectivity index (χ2v) is 4.30. The van der Waals surface area contributed by atoms with E-state index in [1.165, 1.54) is 38.5 Å². The van der Waals surface area contributed by atoms with Crippen molar-refractivity contribution in [2.45, 2.75) is 19.3 Å². The average Bonchev–Trinajstić information content (AvgIpc) is 2.41. The van der Waals surface area contributed by atoms with Crippen molar-refractivity contribution in [1.29, 1.82) is 0 Å². The van der Waals surface area contributed by atoms with E-state index < -0.39 is 0 Å². The first-order valence-electron chi connectivity index (χ1n) is 6.15. The van der Waals surface area contributed by atoms with E-state index in [4.69, 9.17) is 4.74 Å². The second-order valence-electron chi connectivity index (χ2n) is 4.30. The molecule has 0 aromatic carbocycles. The summed E-state index contributed by atoms with van der Waals surface area (Å²) in [6.07, 6.45) is 6.26. The molecule has 0 aliphatic carbocycles. The normalized spacial score (nSPS) is 16.7. The maximum Gasteiger partial charge on any atom is 0.213 e. The lowest BCUT2D eigenvalue weighted by Gasteiger charge is -2.25. The number of rotatable bonds is 5. The summed E-state index contributed by atoms with van der Waals surface area (Å²) in [5.74, 6) is 0.590. The first kappa shape index (κ1) is 12.0. The molecule has 0 unspecified atom stereocenters. The van der Waals surface area contributed by atoms with E-state index in [1.54, 1.807) is 12.1 Å². The Morgan fingerprint density at radius 3 is 2.76 bits per heavy atom. The quantitative estimate of drug-likeness (QED) is 0.728. The van der Waals surface area contributed by atoms with Crippen LogP contribution >= 0.6 is 0 Å². The van der Waals surface area contributed by atoms with Crippen LogP contribution in [-0.4, -0.2) is 42.4 Å². The van der Waals surface area contributed by atoms with Gasteiger partial charge in [0.2, 0.25) is 5.88 Å². The second kappa shape index (κ2) is 6.35. The predicted molar refractivity (Wildman–Crippen MR) is 65.4 cm³/mol. The fourth-order valence-electron chi connectivity index (χ4n) is 2.01. The summed E-state index contributed by atoms with van der Waals surface area (Å²) in [5.41, 5.74) is 0.577. The number of aromatic nitrogens is 1. The number of carbonyl (C=O) groups is 1. The monoisotopic (exact) mass is 234 g/mol. The van der Waals surface area contributed by atoms with Crippen molar-refractivity contribution in [3.8, 4) is 5.88 Å². The summed E-state index contributed by atoms with van der Waals surface area (Å²) in [4.78, 5) is 16.9. The summed E-state index contributed by atoms with van der Waals surface area (Å²) in [6, 6.07) is 3.45. The Hall–Kier alpha value is -1.42. The van der Waals surface area contributed by atoms with Gasteiger partial charge in [-0.05, 0) is 32.0 Å². The fourth-order valence-corrected chi connectivity index (χ4v) is 2.01. The van der Waals surface area contributed by atoms with Gasteiger partial charge in [0.05, 0.1) is 0 Å². The van der Waals surface area contributed by atoms with E-state index >= 15 is 0 Å². The predicted octanol–water partition coefficient (Wildman–Crippen LogP) is 1.76. The first-order valence-corrected chi connectivity index (χ1v) is 6.15. The third-order valence-electron chi connectivity index (χ3n) is 3.00. The van der Waals surface area contributed by atoms with Crippen LogP contribution in [-0.2, 0) is 0 Å². The lowest BCUT2D eigenvalue weighted by Crippen LogP contribution is -2.33. The molecular formula is C13H18N2O2. The smallest absolute Gasteiger partial charge is 0.213 e. The molecule has 1 fully saturated rings. The largest absolute Gasteiger partial charge is 0.476 e. The van der Waals surface area contributed by atoms with E-state index in [0.717, 1.165) is 12.8 Å². The number of pyridine rings is 1. The van der Waals surface area contributed by atoms with Crippen molar-refractivity contribution >= 4 is 6.29 Å². The molecule has 0 saturated carbocycles. The number of aldehydes is 1. The highest BCUT2D eigenvalue weighted by Crippen LogP contribution is 2.09. The Balaban J connectivity index is 1.71. The van der Waals surface area contributed by atoms with Gasteiger partial charge in [-0.2, -0.15) is 0 Å². The van der Waals surface area contributed by atoms with Crippen LogP contribution in [0.3, 0.4) is 0 Å². The standard InChI is InChI=1S/C13H18N2O2/c16-11-12-4-5-13(14-10-12)17-9-8-15-6-2-1-3-7-15/h4-5,10-11H,1-3,6-9H2. The molecular weight excluding hydrogens is 216 g/mol. The molecule has 1 aromatic rings. The van der Waals surface area contributed by atoms with E-state index in [-0.39, 0.29) is 0 Å². The molecule has 0 radical (unpaired) electrons. The summed E-state index contributed by atoms with van der Waals surface area (Å²) in [6.45, 7) is 3.98. The zero-order valence-corrected chi connectivity index (χ0v) is 9.97. The lowest BCUT2D eigenvalue weighted by atomic mass is 10.1. The molecule has 1 aliphatic heterocycles. The van der Waals surface area contributed by atoms with Gasteiger partial charge in [0.15, 0.2) is 6.29 Å². The van der Waals surface area contributed by atoms with Crippen molar-refractivity contribution in [2.24, 2.45) is 0 Å². The van der Waals surface area contributed by atoms with Gasteiger partial charge in [-0.1, -0.05) is 6.42 Å². The molecule has 0 spiro atoms. The molecule has 1 saturated heterocycles. The van der Waals surface area contributed by atoms with Crippen molar-refractivity contribution < 1.29 is 9.53 Å². The topological polar surface area (TPSA) is 42.4 Å². The Kier molecular flexibility index (Phi) is 4.50. The Bertz CT molecular complexity index is 345. The molecule has 1 aliphatic rings. The van der Waals surface area contributed by atoms with Crippen LogP contribution in [0.5, 0.6) is 5.88 Å². The van der Waals surface area contributed by atoms with Crippen LogP contribution in [0.25, 0.3) is 0 Å². The van der Waals surface area contributed by atoms with Crippen LogP contribution < -0.4 is 4.74 Å². The minimum Gasteiger partial charge on any atom is -0.476 e. The molecule has 0 amide bonds. The summed E-state index contributed by atoms with van der Waals surface area (Å²) < 4.78 is 5.54. The number of carbonyl (C=O) groups excluding carboxylic acids is 1. The van der Waals surface area contributed by atoms with E-state index in [9.17, 15) is 4.79 Å². The van der Waals surface area contributed by atoms with Gasteiger partial charge < -0.3 is 4.74 Å². The van der Waals surface area contributed by atoms with Gasteiger partial charge in [0.25, 0.3) is 0 Å². The highest BCUT2D eigenvalue weighted by Gasteiger charge is 2.09. The number of ether oxygens (including phenoxy) is 1. The number of hydrogen-bond acceptors (Lipinski definition) is 4. The lowest BCUT2D eigenvalue weighted by molar-refractivity contribution is 0.112. The van der Waals surface area contributed by atoms with E-state index in [1.807, 2.05) is 0 Å². The maximum absolute atomic E-state index is 10.5. The molecule has 2 heterocycles. The summed E-state index contributed by atoms with van der Waals surface area (Å²) in [5, 5.41) is 0. The molecule has 17 heavy (non-hydrogen) atoms. The van der Waals surface area contributed by atoms with Gasteiger partial charge in [-0.25, -0.2) is 4.98 Å². The molecule has 4 nitrogen and oxygen atoms in total. The highest BCUT2D eigenvalue weighted by molar-refractivity contribution is 5.73. The van der Waals surface area contributed by atoms with Crippen molar-refractivity contribution in [3.63, 3.8) is 0 Å².